The van der Waals surface area contributed by atoms with E-state index in [4.69, 9.17) is 4.42 Å². The second-order valence-electron chi connectivity index (χ2n) is 4.65. The van der Waals surface area contributed by atoms with Crippen LogP contribution < -0.4 is 11.1 Å². The average Bonchev–Trinajstić information content (AvgIpc) is 2.92. The summed E-state index contributed by atoms with van der Waals surface area (Å²) in [7, 11) is 3.62. The fourth-order valence-electron chi connectivity index (χ4n) is 2.31. The second kappa shape index (κ2) is 5.72. The topological polar surface area (TPSA) is 47.2 Å². The largest absolute Gasteiger partial charge is 0.419 e. The molecule has 0 radical (unpaired) electrons. The van der Waals surface area contributed by atoms with Crippen LogP contribution in [-0.2, 0) is 7.05 Å². The number of aryl methyl sites for hydroxylation is 1. The Kier molecular flexibility index (Phi) is 4.09. The third kappa shape index (κ3) is 2.63. The van der Waals surface area contributed by atoms with Crippen LogP contribution in [0.1, 0.15) is 16.5 Å². The molecule has 110 valence electrons. The summed E-state index contributed by atoms with van der Waals surface area (Å²) < 4.78 is 8.87. The molecule has 0 spiro atoms. The summed E-state index contributed by atoms with van der Waals surface area (Å²) in [5.74, 6) is -0.343. The Morgan fingerprint density at radius 1 is 1.33 bits per heavy atom. The van der Waals surface area contributed by atoms with Crippen LogP contribution in [0.4, 0.5) is 0 Å². The lowest BCUT2D eigenvalue weighted by Crippen LogP contribution is -2.16. The van der Waals surface area contributed by atoms with Gasteiger partial charge in [0.1, 0.15) is 0 Å². The number of aromatic nitrogens is 1. The van der Waals surface area contributed by atoms with Crippen molar-refractivity contribution in [2.24, 2.45) is 7.05 Å². The van der Waals surface area contributed by atoms with Crippen molar-refractivity contribution in [3.8, 4) is 0 Å². The summed E-state index contributed by atoms with van der Waals surface area (Å²) in [5, 5.41) is 3.30. The second-order valence-corrected chi connectivity index (χ2v) is 7.90. The highest BCUT2D eigenvalue weighted by atomic mass is 79.9. The van der Waals surface area contributed by atoms with Gasteiger partial charge in [0.15, 0.2) is 5.58 Å². The van der Waals surface area contributed by atoms with E-state index in [-0.39, 0.29) is 11.8 Å². The molecule has 0 fully saturated rings. The van der Waals surface area contributed by atoms with Gasteiger partial charge in [-0.25, -0.2) is 4.79 Å². The van der Waals surface area contributed by atoms with Gasteiger partial charge < -0.3 is 9.73 Å². The van der Waals surface area contributed by atoms with Gasteiger partial charge in [0, 0.05) is 16.4 Å². The van der Waals surface area contributed by atoms with Gasteiger partial charge in [0.2, 0.25) is 0 Å². The predicted molar refractivity (Wildman–Crippen MR) is 92.1 cm³/mol. The third-order valence-corrected chi connectivity index (χ3v) is 6.71. The number of halogens is 2. The minimum absolute atomic E-state index is 0.0486. The minimum Gasteiger partial charge on any atom is -0.408 e. The zero-order valence-corrected chi connectivity index (χ0v) is 15.3. The molecule has 1 unspecified atom stereocenters. The molecule has 0 aliphatic rings. The smallest absolute Gasteiger partial charge is 0.408 e. The van der Waals surface area contributed by atoms with Crippen LogP contribution in [0, 0.1) is 0 Å². The summed E-state index contributed by atoms with van der Waals surface area (Å²) in [6, 6.07) is 7.98. The van der Waals surface area contributed by atoms with Crippen LogP contribution in [0.2, 0.25) is 0 Å². The number of oxazole rings is 1. The van der Waals surface area contributed by atoms with E-state index in [2.05, 4.69) is 43.2 Å². The lowest BCUT2D eigenvalue weighted by atomic mass is 10.1. The average molecular weight is 432 g/mol. The maximum absolute atomic E-state index is 11.6. The van der Waals surface area contributed by atoms with Crippen LogP contribution in [0.15, 0.2) is 41.7 Å². The lowest BCUT2D eigenvalue weighted by Gasteiger charge is -2.14. The summed E-state index contributed by atoms with van der Waals surface area (Å²) in [4.78, 5) is 12.8. The first kappa shape index (κ1) is 15.0. The molecule has 0 aliphatic carbocycles. The number of hydrogen-bond donors (Lipinski definition) is 1. The number of benzene rings is 1. The number of nitrogens with zero attached hydrogens (tertiary/aromatic N) is 1. The van der Waals surface area contributed by atoms with Crippen molar-refractivity contribution in [1.82, 2.24) is 9.88 Å². The number of thiophene rings is 1. The number of rotatable bonds is 3. The fraction of sp³-hybridized carbons (Fsp3) is 0.214. The van der Waals surface area contributed by atoms with Gasteiger partial charge >= 0.3 is 5.76 Å². The fourth-order valence-corrected chi connectivity index (χ4v) is 4.54. The van der Waals surface area contributed by atoms with Crippen LogP contribution in [-0.4, -0.2) is 11.6 Å². The van der Waals surface area contributed by atoms with E-state index < -0.39 is 0 Å². The van der Waals surface area contributed by atoms with Crippen molar-refractivity contribution in [3.05, 3.63) is 53.5 Å². The summed E-state index contributed by atoms with van der Waals surface area (Å²) >= 11 is 8.70. The monoisotopic (exact) mass is 430 g/mol. The van der Waals surface area contributed by atoms with Crippen molar-refractivity contribution in [2.75, 3.05) is 7.05 Å². The predicted octanol–water partition coefficient (Wildman–Crippen LogP) is 4.03. The third-order valence-electron chi connectivity index (χ3n) is 3.39. The maximum atomic E-state index is 11.6. The van der Waals surface area contributed by atoms with Gasteiger partial charge in [-0.05, 0) is 62.7 Å². The molecule has 0 bridgehead atoms. The normalized spacial score (nSPS) is 13.0. The molecule has 3 rings (SSSR count). The zero-order valence-electron chi connectivity index (χ0n) is 11.3. The minimum atomic E-state index is -0.343. The van der Waals surface area contributed by atoms with E-state index in [0.29, 0.717) is 5.58 Å². The molecule has 0 amide bonds. The molecule has 1 aromatic carbocycles. The van der Waals surface area contributed by atoms with E-state index in [1.165, 1.54) is 9.44 Å². The Bertz CT molecular complexity index is 846. The van der Waals surface area contributed by atoms with Crippen LogP contribution >= 0.6 is 43.2 Å². The number of nitrogens with one attached hydrogen (secondary N) is 1. The van der Waals surface area contributed by atoms with Crippen molar-refractivity contribution in [3.63, 3.8) is 0 Å². The van der Waals surface area contributed by atoms with E-state index in [1.54, 1.807) is 18.4 Å². The van der Waals surface area contributed by atoms with Crippen molar-refractivity contribution >= 4 is 54.3 Å². The first-order valence-electron chi connectivity index (χ1n) is 6.22. The molecule has 1 atom stereocenters. The first-order chi connectivity index (χ1) is 10.0. The van der Waals surface area contributed by atoms with Gasteiger partial charge in [-0.15, -0.1) is 11.3 Å². The summed E-state index contributed by atoms with van der Waals surface area (Å²) in [6.45, 7) is 0. The van der Waals surface area contributed by atoms with Gasteiger partial charge in [-0.1, -0.05) is 6.07 Å². The van der Waals surface area contributed by atoms with Gasteiger partial charge in [-0.2, -0.15) is 0 Å². The highest BCUT2D eigenvalue weighted by Crippen LogP contribution is 2.37. The standard InChI is InChI=1S/C14H12Br2N2O2S/c1-17-12(11-6-8(15)13(16)21-11)7-3-4-9-10(5-7)20-14(19)18(9)2/h3-6,12,17H,1-2H3. The molecule has 21 heavy (non-hydrogen) atoms. The first-order valence-corrected chi connectivity index (χ1v) is 8.63. The van der Waals surface area contributed by atoms with Crippen LogP contribution in [0.5, 0.6) is 0 Å². The molecular weight excluding hydrogens is 420 g/mol. The van der Waals surface area contributed by atoms with E-state index in [9.17, 15) is 4.79 Å². The molecule has 4 nitrogen and oxygen atoms in total. The molecule has 2 heterocycles. The lowest BCUT2D eigenvalue weighted by molar-refractivity contribution is 0.527. The van der Waals surface area contributed by atoms with Gasteiger partial charge in [0.05, 0.1) is 15.3 Å². The van der Waals surface area contributed by atoms with Crippen LogP contribution in [0.3, 0.4) is 0 Å². The summed E-state index contributed by atoms with van der Waals surface area (Å²) in [5.41, 5.74) is 2.46. The Balaban J connectivity index is 2.10. The quantitative estimate of drug-likeness (QED) is 0.681. The van der Waals surface area contributed by atoms with Crippen molar-refractivity contribution in [1.29, 1.82) is 0 Å². The molecule has 1 N–H and O–H groups in total. The molecule has 2 aromatic heterocycles. The SMILES string of the molecule is CNC(c1ccc2c(c1)oc(=O)n2C)c1cc(Br)c(Br)s1. The Morgan fingerprint density at radius 2 is 2.10 bits per heavy atom. The molecular formula is C14H12Br2N2O2S. The van der Waals surface area contributed by atoms with Gasteiger partial charge in [-0.3, -0.25) is 4.57 Å². The Morgan fingerprint density at radius 3 is 2.71 bits per heavy atom. The summed E-state index contributed by atoms with van der Waals surface area (Å²) in [6.07, 6.45) is 0. The van der Waals surface area contributed by atoms with E-state index in [0.717, 1.165) is 19.3 Å². The van der Waals surface area contributed by atoms with Crippen LogP contribution in [0.25, 0.3) is 11.1 Å². The van der Waals surface area contributed by atoms with Crippen molar-refractivity contribution in [2.45, 2.75) is 6.04 Å². The number of hydrogen-bond acceptors (Lipinski definition) is 4. The van der Waals surface area contributed by atoms with Gasteiger partial charge in [0.25, 0.3) is 0 Å². The highest BCUT2D eigenvalue weighted by molar-refractivity contribution is 9.13. The Hall–Kier alpha value is -0.890. The van der Waals surface area contributed by atoms with E-state index >= 15 is 0 Å². The van der Waals surface area contributed by atoms with Crippen molar-refractivity contribution < 1.29 is 4.42 Å². The molecule has 7 heteroatoms. The molecule has 3 aromatic rings. The zero-order chi connectivity index (χ0) is 15.1. The maximum Gasteiger partial charge on any atom is 0.419 e. The Labute approximate surface area is 142 Å². The highest BCUT2D eigenvalue weighted by Gasteiger charge is 2.18. The molecule has 0 aliphatic heterocycles. The molecule has 0 saturated carbocycles. The molecule has 0 saturated heterocycles. The number of fused-ring (bicyclic) bond motifs is 1. The van der Waals surface area contributed by atoms with E-state index in [1.807, 2.05) is 25.2 Å².